The standard InChI is InChI=1S/C25H27F3N2O5/c1-14(2)11-12-20(22(31)30-21(23(32)33)25(26,27)28)29-24(34)35-13-19-17-9-5-3-7-15(17)16-8-4-6-10-18(16)19/h3-10,14,19-21H,11-13H2,1-2H3,(H,29,34)(H,30,31)(H,32,33). The molecule has 3 rings (SSSR count). The average Bonchev–Trinajstić information content (AvgIpc) is 3.11. The Bertz CT molecular complexity index is 1040. The minimum absolute atomic E-state index is 0.0118. The monoisotopic (exact) mass is 492 g/mol. The molecule has 0 fully saturated rings. The molecule has 0 spiro atoms. The van der Waals surface area contributed by atoms with Crippen LogP contribution >= 0.6 is 0 Å². The van der Waals surface area contributed by atoms with Crippen LogP contribution in [0.4, 0.5) is 18.0 Å². The zero-order chi connectivity index (χ0) is 25.8. The number of fused-ring (bicyclic) bond motifs is 3. The van der Waals surface area contributed by atoms with E-state index >= 15 is 0 Å². The quantitative estimate of drug-likeness (QED) is 0.479. The molecule has 3 N–H and O–H groups in total. The van der Waals surface area contributed by atoms with Gasteiger partial charge in [0.1, 0.15) is 12.6 Å². The first-order valence-corrected chi connectivity index (χ1v) is 11.2. The van der Waals surface area contributed by atoms with Gasteiger partial charge < -0.3 is 20.5 Å². The maximum Gasteiger partial charge on any atom is 0.419 e. The van der Waals surface area contributed by atoms with Crippen LogP contribution in [0.25, 0.3) is 11.1 Å². The minimum atomic E-state index is -5.19. The van der Waals surface area contributed by atoms with E-state index in [4.69, 9.17) is 9.84 Å². The van der Waals surface area contributed by atoms with E-state index in [0.29, 0.717) is 6.42 Å². The lowest BCUT2D eigenvalue weighted by Gasteiger charge is -2.23. The Morgan fingerprint density at radius 1 is 0.943 bits per heavy atom. The molecule has 2 atom stereocenters. The van der Waals surface area contributed by atoms with Crippen LogP contribution in [-0.2, 0) is 14.3 Å². The number of rotatable bonds is 9. The van der Waals surface area contributed by atoms with Crippen molar-refractivity contribution in [1.82, 2.24) is 10.6 Å². The summed E-state index contributed by atoms with van der Waals surface area (Å²) in [6.45, 7) is 3.65. The third-order valence-corrected chi connectivity index (χ3v) is 5.85. The largest absolute Gasteiger partial charge is 0.479 e. The minimum Gasteiger partial charge on any atom is -0.479 e. The highest BCUT2D eigenvalue weighted by atomic mass is 19.4. The number of benzene rings is 2. The molecule has 0 aliphatic heterocycles. The van der Waals surface area contributed by atoms with Crippen molar-refractivity contribution in [3.05, 3.63) is 59.7 Å². The first-order chi connectivity index (χ1) is 16.5. The Balaban J connectivity index is 1.69. The molecule has 0 radical (unpaired) electrons. The Morgan fingerprint density at radius 2 is 1.49 bits per heavy atom. The molecule has 35 heavy (non-hydrogen) atoms. The Morgan fingerprint density at radius 3 is 1.97 bits per heavy atom. The van der Waals surface area contributed by atoms with Crippen LogP contribution in [0.3, 0.4) is 0 Å². The van der Waals surface area contributed by atoms with E-state index in [-0.39, 0.29) is 24.9 Å². The van der Waals surface area contributed by atoms with Gasteiger partial charge in [-0.3, -0.25) is 4.79 Å². The molecule has 10 heteroatoms. The maximum absolute atomic E-state index is 13.0. The molecule has 2 aromatic rings. The molecule has 2 aromatic carbocycles. The highest BCUT2D eigenvalue weighted by molar-refractivity contribution is 5.89. The predicted octanol–water partition coefficient (Wildman–Crippen LogP) is 4.46. The fourth-order valence-corrected chi connectivity index (χ4v) is 4.08. The van der Waals surface area contributed by atoms with E-state index in [9.17, 15) is 27.6 Å². The van der Waals surface area contributed by atoms with Gasteiger partial charge in [0.25, 0.3) is 0 Å². The smallest absolute Gasteiger partial charge is 0.419 e. The number of hydrogen-bond acceptors (Lipinski definition) is 4. The van der Waals surface area contributed by atoms with Crippen molar-refractivity contribution in [2.24, 2.45) is 5.92 Å². The molecular weight excluding hydrogens is 465 g/mol. The number of carbonyl (C=O) groups excluding carboxylic acids is 2. The van der Waals surface area contributed by atoms with Crippen molar-refractivity contribution in [3.8, 4) is 11.1 Å². The van der Waals surface area contributed by atoms with Gasteiger partial charge in [0.2, 0.25) is 11.9 Å². The number of amides is 2. The van der Waals surface area contributed by atoms with Crippen LogP contribution < -0.4 is 10.6 Å². The summed E-state index contributed by atoms with van der Waals surface area (Å²) in [6.07, 6.45) is -5.74. The second-order valence-corrected chi connectivity index (χ2v) is 8.82. The van der Waals surface area contributed by atoms with Gasteiger partial charge in [-0.25, -0.2) is 9.59 Å². The summed E-state index contributed by atoms with van der Waals surface area (Å²) in [7, 11) is 0. The van der Waals surface area contributed by atoms with Crippen LogP contribution in [0.2, 0.25) is 0 Å². The van der Waals surface area contributed by atoms with Crippen molar-refractivity contribution in [3.63, 3.8) is 0 Å². The molecule has 1 aliphatic rings. The number of halogens is 3. The van der Waals surface area contributed by atoms with Crippen LogP contribution in [0.5, 0.6) is 0 Å². The van der Waals surface area contributed by atoms with E-state index in [1.807, 2.05) is 62.4 Å². The molecule has 2 amide bonds. The normalized spacial score (nSPS) is 14.6. The second kappa shape index (κ2) is 10.8. The summed E-state index contributed by atoms with van der Waals surface area (Å²) in [6, 6.07) is 10.9. The zero-order valence-electron chi connectivity index (χ0n) is 19.3. The number of alkyl carbamates (subject to hydrolysis) is 1. The van der Waals surface area contributed by atoms with Crippen molar-refractivity contribution in [1.29, 1.82) is 0 Å². The number of aliphatic carboxylic acids is 1. The summed E-state index contributed by atoms with van der Waals surface area (Å²) >= 11 is 0. The first-order valence-electron chi connectivity index (χ1n) is 11.2. The number of hydrogen-bond donors (Lipinski definition) is 3. The molecule has 0 aromatic heterocycles. The lowest BCUT2D eigenvalue weighted by atomic mass is 9.98. The molecule has 1 aliphatic carbocycles. The summed E-state index contributed by atoms with van der Waals surface area (Å²) in [5.41, 5.74) is 4.01. The van der Waals surface area contributed by atoms with Crippen molar-refractivity contribution in [2.45, 2.75) is 50.9 Å². The molecular formula is C25H27F3N2O5. The van der Waals surface area contributed by atoms with Gasteiger partial charge in [-0.1, -0.05) is 62.4 Å². The summed E-state index contributed by atoms with van der Waals surface area (Å²) in [5, 5.41) is 12.6. The summed E-state index contributed by atoms with van der Waals surface area (Å²) < 4.78 is 44.4. The lowest BCUT2D eigenvalue weighted by molar-refractivity contribution is -0.182. The van der Waals surface area contributed by atoms with Gasteiger partial charge in [0.15, 0.2) is 0 Å². The van der Waals surface area contributed by atoms with Gasteiger partial charge in [-0.2, -0.15) is 13.2 Å². The maximum atomic E-state index is 13.0. The molecule has 2 unspecified atom stereocenters. The van der Waals surface area contributed by atoms with Crippen LogP contribution in [0, 0.1) is 5.92 Å². The van der Waals surface area contributed by atoms with Crippen molar-refractivity contribution < 1.29 is 37.4 Å². The number of ether oxygens (including phenoxy) is 1. The molecule has 188 valence electrons. The van der Waals surface area contributed by atoms with Gasteiger partial charge in [0, 0.05) is 5.92 Å². The van der Waals surface area contributed by atoms with Gasteiger partial charge in [-0.05, 0) is 41.0 Å². The van der Waals surface area contributed by atoms with Crippen molar-refractivity contribution >= 4 is 18.0 Å². The van der Waals surface area contributed by atoms with E-state index in [1.54, 1.807) is 0 Å². The highest BCUT2D eigenvalue weighted by Gasteiger charge is 2.47. The predicted molar refractivity (Wildman–Crippen MR) is 122 cm³/mol. The summed E-state index contributed by atoms with van der Waals surface area (Å²) in [4.78, 5) is 36.0. The van der Waals surface area contributed by atoms with E-state index < -0.39 is 36.2 Å². The lowest BCUT2D eigenvalue weighted by Crippen LogP contribution is -2.56. The number of carboxylic acids is 1. The first kappa shape index (κ1) is 26.1. The Labute approximate surface area is 200 Å². The van der Waals surface area contributed by atoms with E-state index in [1.165, 1.54) is 5.32 Å². The number of alkyl halides is 3. The number of carboxylic acid groups (broad SMARTS) is 1. The SMILES string of the molecule is CC(C)CCC(NC(=O)OCC1c2ccccc2-c2ccccc21)C(=O)NC(C(=O)O)C(F)(F)F. The topological polar surface area (TPSA) is 105 Å². The fourth-order valence-electron chi connectivity index (χ4n) is 4.08. The van der Waals surface area contributed by atoms with Crippen LogP contribution in [0.15, 0.2) is 48.5 Å². The Kier molecular flexibility index (Phi) is 8.03. The third-order valence-electron chi connectivity index (χ3n) is 5.85. The van der Waals surface area contributed by atoms with E-state index in [2.05, 4.69) is 5.32 Å². The Hall–Kier alpha value is -3.56. The highest BCUT2D eigenvalue weighted by Crippen LogP contribution is 2.44. The molecule has 0 bridgehead atoms. The fraction of sp³-hybridized carbons (Fsp3) is 0.400. The zero-order valence-corrected chi connectivity index (χ0v) is 19.3. The van der Waals surface area contributed by atoms with Crippen LogP contribution in [0.1, 0.15) is 43.7 Å². The molecule has 0 saturated heterocycles. The van der Waals surface area contributed by atoms with E-state index in [0.717, 1.165) is 22.3 Å². The van der Waals surface area contributed by atoms with Gasteiger partial charge >= 0.3 is 18.2 Å². The van der Waals surface area contributed by atoms with Crippen molar-refractivity contribution in [2.75, 3.05) is 6.61 Å². The third kappa shape index (κ3) is 6.32. The van der Waals surface area contributed by atoms with Gasteiger partial charge in [-0.15, -0.1) is 0 Å². The molecule has 0 saturated carbocycles. The average molecular weight is 492 g/mol. The molecule has 0 heterocycles. The number of nitrogens with one attached hydrogen (secondary N) is 2. The number of carbonyl (C=O) groups is 3. The van der Waals surface area contributed by atoms with Crippen LogP contribution in [-0.4, -0.2) is 47.9 Å². The second-order valence-electron chi connectivity index (χ2n) is 8.82. The summed E-state index contributed by atoms with van der Waals surface area (Å²) in [5.74, 6) is -3.64. The van der Waals surface area contributed by atoms with Gasteiger partial charge in [0.05, 0.1) is 0 Å². The molecule has 7 nitrogen and oxygen atoms in total.